The second kappa shape index (κ2) is 5.96. The van der Waals surface area contributed by atoms with Gasteiger partial charge in [-0.15, -0.1) is 0 Å². The van der Waals surface area contributed by atoms with Crippen LogP contribution in [0.4, 0.5) is 5.69 Å². The van der Waals surface area contributed by atoms with Gasteiger partial charge < -0.3 is 10.4 Å². The van der Waals surface area contributed by atoms with Crippen LogP contribution in [0.2, 0.25) is 0 Å². The van der Waals surface area contributed by atoms with E-state index in [-0.39, 0.29) is 6.61 Å². The van der Waals surface area contributed by atoms with E-state index >= 15 is 0 Å². The minimum Gasteiger partial charge on any atom is -0.396 e. The van der Waals surface area contributed by atoms with Gasteiger partial charge in [0.25, 0.3) is 0 Å². The highest BCUT2D eigenvalue weighted by Crippen LogP contribution is 2.10. The summed E-state index contributed by atoms with van der Waals surface area (Å²) in [5, 5.41) is 12.1. The van der Waals surface area contributed by atoms with Crippen LogP contribution >= 0.6 is 0 Å². The van der Waals surface area contributed by atoms with Gasteiger partial charge in [0.05, 0.1) is 12.2 Å². The molecule has 0 radical (unpaired) electrons. The van der Waals surface area contributed by atoms with E-state index < -0.39 is 0 Å². The van der Waals surface area contributed by atoms with Gasteiger partial charge in [-0.3, -0.25) is 0 Å². The number of aliphatic hydroxyl groups is 1. The topological polar surface area (TPSA) is 58.0 Å². The van der Waals surface area contributed by atoms with Crippen molar-refractivity contribution in [1.82, 2.24) is 9.97 Å². The summed E-state index contributed by atoms with van der Waals surface area (Å²) in [4.78, 5) is 8.00. The Kier molecular flexibility index (Phi) is 4.05. The number of aliphatic hydroxyl groups excluding tert-OH is 1. The second-order valence-corrected chi connectivity index (χ2v) is 3.72. The zero-order valence-electron chi connectivity index (χ0n) is 9.50. The molecule has 4 heteroatoms. The highest BCUT2D eigenvalue weighted by Gasteiger charge is 1.95. The van der Waals surface area contributed by atoms with Crippen molar-refractivity contribution in [1.29, 1.82) is 0 Å². The van der Waals surface area contributed by atoms with Gasteiger partial charge in [0.1, 0.15) is 6.33 Å². The summed E-state index contributed by atoms with van der Waals surface area (Å²) < 4.78 is 0. The van der Waals surface area contributed by atoms with Crippen LogP contribution in [-0.4, -0.2) is 21.7 Å². The van der Waals surface area contributed by atoms with E-state index in [1.807, 2.05) is 30.3 Å². The predicted molar refractivity (Wildman–Crippen MR) is 66.6 cm³/mol. The van der Waals surface area contributed by atoms with Crippen LogP contribution in [0.3, 0.4) is 0 Å². The number of aromatic nitrogens is 2. The van der Waals surface area contributed by atoms with Crippen molar-refractivity contribution in [3.8, 4) is 0 Å². The Balaban J connectivity index is 1.91. The molecule has 0 aliphatic carbocycles. The van der Waals surface area contributed by atoms with Crippen molar-refractivity contribution in [2.24, 2.45) is 0 Å². The van der Waals surface area contributed by atoms with E-state index in [0.29, 0.717) is 13.0 Å². The van der Waals surface area contributed by atoms with Crippen LogP contribution in [0.25, 0.3) is 0 Å². The molecule has 2 aromatic rings. The molecule has 88 valence electrons. The number of nitrogens with zero attached hydrogens (tertiary/aromatic N) is 2. The molecule has 0 amide bonds. The average Bonchev–Trinajstić information content (AvgIpc) is 2.40. The molecule has 4 nitrogen and oxygen atoms in total. The van der Waals surface area contributed by atoms with E-state index in [1.165, 1.54) is 0 Å². The Morgan fingerprint density at radius 3 is 2.59 bits per heavy atom. The third kappa shape index (κ3) is 3.53. The fraction of sp³-hybridized carbons (Fsp3) is 0.231. The minimum absolute atomic E-state index is 0.188. The maximum atomic E-state index is 8.81. The lowest BCUT2D eigenvalue weighted by Gasteiger charge is -2.06. The minimum atomic E-state index is 0.188. The zero-order chi connectivity index (χ0) is 11.9. The van der Waals surface area contributed by atoms with E-state index in [1.54, 1.807) is 12.5 Å². The Labute approximate surface area is 100 Å². The van der Waals surface area contributed by atoms with Crippen LogP contribution in [0, 0.1) is 0 Å². The number of benzene rings is 1. The molecule has 0 fully saturated rings. The maximum Gasteiger partial charge on any atom is 0.115 e. The molecule has 0 unspecified atom stereocenters. The Morgan fingerprint density at radius 1 is 1.12 bits per heavy atom. The van der Waals surface area contributed by atoms with Crippen molar-refractivity contribution in [2.75, 3.05) is 11.9 Å². The van der Waals surface area contributed by atoms with Crippen molar-refractivity contribution in [3.63, 3.8) is 0 Å². The fourth-order valence-electron chi connectivity index (χ4n) is 1.53. The zero-order valence-corrected chi connectivity index (χ0v) is 9.50. The predicted octanol–water partition coefficient (Wildman–Crippen LogP) is 1.62. The van der Waals surface area contributed by atoms with Crippen molar-refractivity contribution in [3.05, 3.63) is 54.1 Å². The lowest BCUT2D eigenvalue weighted by Crippen LogP contribution is -2.01. The smallest absolute Gasteiger partial charge is 0.115 e. The van der Waals surface area contributed by atoms with Crippen LogP contribution in [0.15, 0.2) is 42.9 Å². The van der Waals surface area contributed by atoms with Gasteiger partial charge in [-0.05, 0) is 30.2 Å². The Hall–Kier alpha value is -1.94. The molecule has 1 aromatic carbocycles. The molecule has 0 saturated heterocycles. The summed E-state index contributed by atoms with van der Waals surface area (Å²) in [5.74, 6) is 0. The first-order valence-electron chi connectivity index (χ1n) is 5.57. The lowest BCUT2D eigenvalue weighted by molar-refractivity contribution is 0.299. The summed E-state index contributed by atoms with van der Waals surface area (Å²) in [5.41, 5.74) is 3.14. The van der Waals surface area contributed by atoms with Crippen LogP contribution in [0.5, 0.6) is 0 Å². The van der Waals surface area contributed by atoms with E-state index in [0.717, 1.165) is 16.9 Å². The first-order valence-corrected chi connectivity index (χ1v) is 5.57. The molecule has 0 atom stereocenters. The van der Waals surface area contributed by atoms with E-state index in [4.69, 9.17) is 5.11 Å². The number of anilines is 1. The molecule has 0 aliphatic rings. The number of nitrogens with one attached hydrogen (secondary N) is 1. The van der Waals surface area contributed by atoms with Gasteiger partial charge in [0.2, 0.25) is 0 Å². The molecule has 0 aliphatic heterocycles. The van der Waals surface area contributed by atoms with Gasteiger partial charge >= 0.3 is 0 Å². The quantitative estimate of drug-likeness (QED) is 0.818. The van der Waals surface area contributed by atoms with Gasteiger partial charge in [0, 0.05) is 18.5 Å². The largest absolute Gasteiger partial charge is 0.396 e. The van der Waals surface area contributed by atoms with Crippen molar-refractivity contribution >= 4 is 5.69 Å². The van der Waals surface area contributed by atoms with E-state index in [2.05, 4.69) is 15.3 Å². The second-order valence-electron chi connectivity index (χ2n) is 3.72. The van der Waals surface area contributed by atoms with Crippen molar-refractivity contribution < 1.29 is 5.11 Å². The lowest BCUT2D eigenvalue weighted by atomic mass is 10.1. The standard InChI is InChI=1S/C13H15N3O/c17-8-6-11-1-3-12(4-2-11)15-9-13-5-7-14-10-16-13/h1-5,7,10,15,17H,6,8-9H2. The maximum absolute atomic E-state index is 8.81. The molecule has 17 heavy (non-hydrogen) atoms. The number of hydrogen-bond acceptors (Lipinski definition) is 4. The molecule has 0 saturated carbocycles. The molecule has 0 spiro atoms. The molecular weight excluding hydrogens is 214 g/mol. The molecular formula is C13H15N3O. The average molecular weight is 229 g/mol. The monoisotopic (exact) mass is 229 g/mol. The normalized spacial score (nSPS) is 10.2. The summed E-state index contributed by atoms with van der Waals surface area (Å²) in [6.45, 7) is 0.871. The van der Waals surface area contributed by atoms with E-state index in [9.17, 15) is 0 Å². The first-order chi connectivity index (χ1) is 8.38. The number of hydrogen-bond donors (Lipinski definition) is 2. The number of rotatable bonds is 5. The Bertz CT molecular complexity index is 442. The molecule has 0 bridgehead atoms. The first kappa shape index (κ1) is 11.5. The molecule has 2 rings (SSSR count). The highest BCUT2D eigenvalue weighted by molar-refractivity contribution is 5.44. The van der Waals surface area contributed by atoms with Crippen LogP contribution in [-0.2, 0) is 13.0 Å². The molecule has 2 N–H and O–H groups in total. The summed E-state index contributed by atoms with van der Waals surface area (Å²) in [7, 11) is 0. The van der Waals surface area contributed by atoms with Crippen LogP contribution in [0.1, 0.15) is 11.3 Å². The van der Waals surface area contributed by atoms with Gasteiger partial charge in [0.15, 0.2) is 0 Å². The highest BCUT2D eigenvalue weighted by atomic mass is 16.2. The fourth-order valence-corrected chi connectivity index (χ4v) is 1.53. The molecule has 1 heterocycles. The molecule has 1 aromatic heterocycles. The summed E-state index contributed by atoms with van der Waals surface area (Å²) in [6, 6.07) is 9.92. The summed E-state index contributed by atoms with van der Waals surface area (Å²) >= 11 is 0. The third-order valence-electron chi connectivity index (χ3n) is 2.47. The SMILES string of the molecule is OCCc1ccc(NCc2ccncn2)cc1. The van der Waals surface area contributed by atoms with Gasteiger partial charge in [-0.2, -0.15) is 0 Å². The third-order valence-corrected chi connectivity index (χ3v) is 2.47. The van der Waals surface area contributed by atoms with Crippen LogP contribution < -0.4 is 5.32 Å². The van der Waals surface area contributed by atoms with Gasteiger partial charge in [-0.1, -0.05) is 12.1 Å². The van der Waals surface area contributed by atoms with Gasteiger partial charge in [-0.25, -0.2) is 9.97 Å². The Morgan fingerprint density at radius 2 is 1.94 bits per heavy atom. The van der Waals surface area contributed by atoms with Crippen molar-refractivity contribution in [2.45, 2.75) is 13.0 Å². The summed E-state index contributed by atoms with van der Waals surface area (Å²) in [6.07, 6.45) is 3.97.